The summed E-state index contributed by atoms with van der Waals surface area (Å²) in [4.78, 5) is 38.9. The van der Waals surface area contributed by atoms with Crippen molar-refractivity contribution in [2.75, 3.05) is 25.0 Å². The summed E-state index contributed by atoms with van der Waals surface area (Å²) in [6.45, 7) is 10.9. The van der Waals surface area contributed by atoms with Crippen LogP contribution in [-0.2, 0) is 9.53 Å². The highest BCUT2D eigenvalue weighted by Gasteiger charge is 2.19. The van der Waals surface area contributed by atoms with Gasteiger partial charge in [0.05, 0.1) is 11.8 Å². The fourth-order valence-electron chi connectivity index (χ4n) is 2.94. The Balaban J connectivity index is 2.02. The number of furan rings is 1. The van der Waals surface area contributed by atoms with Crippen LogP contribution in [0.3, 0.4) is 0 Å². The monoisotopic (exact) mass is 414 g/mol. The first-order valence-corrected chi connectivity index (χ1v) is 10.1. The van der Waals surface area contributed by atoms with Crippen LogP contribution >= 0.6 is 0 Å². The molecular formula is C23H30N2O5. The zero-order chi connectivity index (χ0) is 22.3. The molecule has 7 nitrogen and oxygen atoms in total. The van der Waals surface area contributed by atoms with Gasteiger partial charge in [-0.15, -0.1) is 0 Å². The summed E-state index contributed by atoms with van der Waals surface area (Å²) in [6, 6.07) is 8.01. The topological polar surface area (TPSA) is 88.9 Å². The Morgan fingerprint density at radius 2 is 1.73 bits per heavy atom. The zero-order valence-corrected chi connectivity index (χ0v) is 18.2. The van der Waals surface area contributed by atoms with Gasteiger partial charge in [0.25, 0.3) is 11.8 Å². The minimum absolute atomic E-state index is 0.170. The normalized spacial score (nSPS) is 10.9. The predicted octanol–water partition coefficient (Wildman–Crippen LogP) is 4.14. The molecule has 7 heteroatoms. The Bertz CT molecular complexity index is 862. The molecule has 0 unspecified atom stereocenters. The number of hydrogen-bond donors (Lipinski definition) is 1. The number of nitrogens with zero attached hydrogens (tertiary/aromatic N) is 1. The van der Waals surface area contributed by atoms with E-state index in [1.54, 1.807) is 29.2 Å². The number of rotatable bonds is 9. The summed E-state index contributed by atoms with van der Waals surface area (Å²) >= 11 is 0. The number of carbonyl (C=O) groups excluding carboxylic acids is 3. The number of hydrogen-bond acceptors (Lipinski definition) is 5. The molecule has 1 aromatic heterocycles. The molecule has 0 saturated carbocycles. The Labute approximate surface area is 177 Å². The summed E-state index contributed by atoms with van der Waals surface area (Å²) < 4.78 is 10.3. The molecule has 1 N–H and O–H groups in total. The molecule has 0 spiro atoms. The fraction of sp³-hybridized carbons (Fsp3) is 0.435. The van der Waals surface area contributed by atoms with Gasteiger partial charge in [-0.2, -0.15) is 0 Å². The van der Waals surface area contributed by atoms with Gasteiger partial charge in [-0.3, -0.25) is 9.59 Å². The van der Waals surface area contributed by atoms with Crippen LogP contribution < -0.4 is 5.32 Å². The van der Waals surface area contributed by atoms with Crippen molar-refractivity contribution >= 4 is 23.5 Å². The van der Waals surface area contributed by atoms with Crippen molar-refractivity contribution in [2.24, 2.45) is 11.8 Å². The minimum Gasteiger partial charge on any atom is -0.459 e. The van der Waals surface area contributed by atoms with Gasteiger partial charge in [0, 0.05) is 18.8 Å². The average molecular weight is 415 g/mol. The first-order valence-electron chi connectivity index (χ1n) is 10.1. The number of aryl methyl sites for hydroxylation is 1. The standard InChI is InChI=1S/C23H30N2O5/c1-15(2)12-25(13-16(3)4)21(26)14-30-23(28)18-9-8-17(5)19(11-18)24-22(27)20-7-6-10-29-20/h6-11,15-16H,12-14H2,1-5H3,(H,24,27). The van der Waals surface area contributed by atoms with Crippen molar-refractivity contribution in [2.45, 2.75) is 34.6 Å². The molecule has 0 saturated heterocycles. The summed E-state index contributed by atoms with van der Waals surface area (Å²) in [7, 11) is 0. The third kappa shape index (κ3) is 6.76. The van der Waals surface area contributed by atoms with E-state index < -0.39 is 11.9 Å². The molecule has 2 amide bonds. The average Bonchev–Trinajstić information content (AvgIpc) is 3.21. The number of amides is 2. The predicted molar refractivity (Wildman–Crippen MR) is 114 cm³/mol. The van der Waals surface area contributed by atoms with Crippen LogP contribution in [0.4, 0.5) is 5.69 Å². The minimum atomic E-state index is -0.620. The number of anilines is 1. The maximum absolute atomic E-state index is 12.5. The second-order valence-corrected chi connectivity index (χ2v) is 8.12. The maximum atomic E-state index is 12.5. The van der Waals surface area contributed by atoms with Crippen LogP contribution in [0.15, 0.2) is 41.0 Å². The molecule has 0 aliphatic rings. The lowest BCUT2D eigenvalue weighted by Gasteiger charge is -2.26. The van der Waals surface area contributed by atoms with E-state index in [0.29, 0.717) is 30.6 Å². The highest BCUT2D eigenvalue weighted by molar-refractivity contribution is 6.03. The van der Waals surface area contributed by atoms with Gasteiger partial charge in [-0.25, -0.2) is 4.79 Å². The van der Waals surface area contributed by atoms with E-state index in [4.69, 9.17) is 9.15 Å². The fourth-order valence-corrected chi connectivity index (χ4v) is 2.94. The Hall–Kier alpha value is -3.09. The van der Waals surface area contributed by atoms with Crippen LogP contribution in [0.1, 0.15) is 54.2 Å². The third-order valence-corrected chi connectivity index (χ3v) is 4.32. The number of nitrogens with one attached hydrogen (secondary N) is 1. The van der Waals surface area contributed by atoms with Crippen LogP contribution in [0, 0.1) is 18.8 Å². The van der Waals surface area contributed by atoms with E-state index in [-0.39, 0.29) is 23.8 Å². The third-order valence-electron chi connectivity index (χ3n) is 4.32. The number of benzene rings is 1. The van der Waals surface area contributed by atoms with Gasteiger partial charge in [0.2, 0.25) is 0 Å². The van der Waals surface area contributed by atoms with Crippen LogP contribution in [0.5, 0.6) is 0 Å². The van der Waals surface area contributed by atoms with Gasteiger partial charge in [-0.1, -0.05) is 33.8 Å². The van der Waals surface area contributed by atoms with Gasteiger partial charge >= 0.3 is 5.97 Å². The molecule has 0 aliphatic carbocycles. The number of ether oxygens (including phenoxy) is 1. The van der Waals surface area contributed by atoms with E-state index >= 15 is 0 Å². The molecule has 0 bridgehead atoms. The van der Waals surface area contributed by atoms with Crippen molar-refractivity contribution in [1.29, 1.82) is 0 Å². The van der Waals surface area contributed by atoms with Crippen LogP contribution in [-0.4, -0.2) is 42.4 Å². The second kappa shape index (κ2) is 10.6. The van der Waals surface area contributed by atoms with Crippen LogP contribution in [0.25, 0.3) is 0 Å². The smallest absolute Gasteiger partial charge is 0.338 e. The highest BCUT2D eigenvalue weighted by Crippen LogP contribution is 2.19. The molecule has 2 rings (SSSR count). The van der Waals surface area contributed by atoms with Crippen molar-refractivity contribution in [3.63, 3.8) is 0 Å². The van der Waals surface area contributed by atoms with Crippen molar-refractivity contribution < 1.29 is 23.5 Å². The second-order valence-electron chi connectivity index (χ2n) is 8.12. The Morgan fingerprint density at radius 1 is 1.07 bits per heavy atom. The number of carbonyl (C=O) groups is 3. The lowest BCUT2D eigenvalue weighted by molar-refractivity contribution is -0.135. The van der Waals surface area contributed by atoms with Crippen molar-refractivity contribution in [3.8, 4) is 0 Å². The van der Waals surface area contributed by atoms with E-state index in [1.807, 2.05) is 34.6 Å². The lowest BCUT2D eigenvalue weighted by Crippen LogP contribution is -2.39. The van der Waals surface area contributed by atoms with Crippen molar-refractivity contribution in [3.05, 3.63) is 53.5 Å². The molecule has 162 valence electrons. The quantitative estimate of drug-likeness (QED) is 0.623. The molecule has 0 aliphatic heterocycles. The van der Waals surface area contributed by atoms with Gasteiger partial charge < -0.3 is 19.4 Å². The molecular weight excluding hydrogens is 384 g/mol. The van der Waals surface area contributed by atoms with Gasteiger partial charge in [0.15, 0.2) is 12.4 Å². The first kappa shape index (κ1) is 23.2. The molecule has 0 radical (unpaired) electrons. The SMILES string of the molecule is Cc1ccc(C(=O)OCC(=O)N(CC(C)C)CC(C)C)cc1NC(=O)c1ccco1. The zero-order valence-electron chi connectivity index (χ0n) is 18.2. The summed E-state index contributed by atoms with van der Waals surface area (Å²) in [5, 5.41) is 2.72. The van der Waals surface area contributed by atoms with E-state index in [2.05, 4.69) is 5.32 Å². The van der Waals surface area contributed by atoms with E-state index in [1.165, 1.54) is 12.3 Å². The van der Waals surface area contributed by atoms with Gasteiger partial charge in [-0.05, 0) is 48.6 Å². The van der Waals surface area contributed by atoms with E-state index in [0.717, 1.165) is 5.56 Å². The van der Waals surface area contributed by atoms with Gasteiger partial charge in [0.1, 0.15) is 0 Å². The maximum Gasteiger partial charge on any atom is 0.338 e. The lowest BCUT2D eigenvalue weighted by atomic mass is 10.1. The molecule has 0 atom stereocenters. The Morgan fingerprint density at radius 3 is 2.30 bits per heavy atom. The molecule has 2 aromatic rings. The first-order chi connectivity index (χ1) is 14.2. The number of esters is 1. The summed E-state index contributed by atoms with van der Waals surface area (Å²) in [6.07, 6.45) is 1.41. The highest BCUT2D eigenvalue weighted by atomic mass is 16.5. The largest absolute Gasteiger partial charge is 0.459 e. The summed E-state index contributed by atoms with van der Waals surface area (Å²) in [5.41, 5.74) is 1.50. The molecule has 1 heterocycles. The van der Waals surface area contributed by atoms with E-state index in [9.17, 15) is 14.4 Å². The molecule has 1 aromatic carbocycles. The Kier molecular flexibility index (Phi) is 8.21. The molecule has 30 heavy (non-hydrogen) atoms. The van der Waals surface area contributed by atoms with Crippen molar-refractivity contribution in [1.82, 2.24) is 4.90 Å². The van der Waals surface area contributed by atoms with Crippen LogP contribution in [0.2, 0.25) is 0 Å². The molecule has 0 fully saturated rings. The summed E-state index contributed by atoms with van der Waals surface area (Å²) in [5.74, 6) is -0.443.